The zero-order chi connectivity index (χ0) is 20.2. The highest BCUT2D eigenvalue weighted by Gasteiger charge is 2.16. The van der Waals surface area contributed by atoms with Crippen molar-refractivity contribution in [1.29, 1.82) is 0 Å². The van der Waals surface area contributed by atoms with E-state index in [4.69, 9.17) is 9.47 Å². The fourth-order valence-electron chi connectivity index (χ4n) is 3.17. The third-order valence-electron chi connectivity index (χ3n) is 4.59. The van der Waals surface area contributed by atoms with Crippen molar-refractivity contribution in [2.45, 2.75) is 58.1 Å². The molecule has 7 nitrogen and oxygen atoms in total. The minimum Gasteiger partial charge on any atom is -0.497 e. The predicted octanol–water partition coefficient (Wildman–Crippen LogP) is 3.08. The van der Waals surface area contributed by atoms with E-state index in [0.29, 0.717) is 31.5 Å². The number of guanidine groups is 1. The third kappa shape index (κ3) is 10.0. The minimum absolute atomic E-state index is 0. The molecule has 29 heavy (non-hydrogen) atoms. The van der Waals surface area contributed by atoms with Gasteiger partial charge in [0.25, 0.3) is 0 Å². The summed E-state index contributed by atoms with van der Waals surface area (Å²) in [5, 5.41) is 9.52. The van der Waals surface area contributed by atoms with Crippen molar-refractivity contribution in [1.82, 2.24) is 16.0 Å². The second kappa shape index (κ2) is 14.3. The van der Waals surface area contributed by atoms with Gasteiger partial charge >= 0.3 is 0 Å². The molecule has 0 spiro atoms. The van der Waals surface area contributed by atoms with Crippen LogP contribution in [-0.4, -0.2) is 50.8 Å². The van der Waals surface area contributed by atoms with Gasteiger partial charge in [-0.2, -0.15) is 0 Å². The van der Waals surface area contributed by atoms with E-state index in [1.807, 2.05) is 38.1 Å². The number of hydrogen-bond donors (Lipinski definition) is 3. The van der Waals surface area contributed by atoms with Crippen molar-refractivity contribution in [3.63, 3.8) is 0 Å². The molecular weight excluding hydrogens is 483 g/mol. The number of carbonyl (C=O) groups excluding carboxylic acids is 1. The lowest BCUT2D eigenvalue weighted by Crippen LogP contribution is -2.41. The summed E-state index contributed by atoms with van der Waals surface area (Å²) >= 11 is 0. The van der Waals surface area contributed by atoms with Crippen LogP contribution < -0.4 is 25.4 Å². The largest absolute Gasteiger partial charge is 0.497 e. The Labute approximate surface area is 191 Å². The number of ether oxygens (including phenoxy) is 2. The number of halogens is 1. The van der Waals surface area contributed by atoms with Gasteiger partial charge in [0, 0.05) is 31.6 Å². The molecule has 1 aromatic rings. The van der Waals surface area contributed by atoms with Gasteiger partial charge in [-0.3, -0.25) is 4.79 Å². The Morgan fingerprint density at radius 2 is 1.97 bits per heavy atom. The van der Waals surface area contributed by atoms with Crippen LogP contribution >= 0.6 is 24.0 Å². The zero-order valence-electron chi connectivity index (χ0n) is 17.7. The van der Waals surface area contributed by atoms with Gasteiger partial charge in [-0.25, -0.2) is 4.99 Å². The number of rotatable bonds is 10. The quantitative estimate of drug-likeness (QED) is 0.252. The monoisotopic (exact) mass is 518 g/mol. The lowest BCUT2D eigenvalue weighted by Gasteiger charge is -2.16. The summed E-state index contributed by atoms with van der Waals surface area (Å²) in [5.41, 5.74) is 0. The fraction of sp³-hybridized carbons (Fsp3) is 0.619. The van der Waals surface area contributed by atoms with Crippen LogP contribution in [0.2, 0.25) is 0 Å². The van der Waals surface area contributed by atoms with E-state index in [0.717, 1.165) is 30.9 Å². The molecule has 1 aliphatic rings. The molecule has 1 amide bonds. The number of aliphatic imine (C=N–C) groups is 1. The lowest BCUT2D eigenvalue weighted by atomic mass is 10.2. The van der Waals surface area contributed by atoms with Crippen molar-refractivity contribution in [3.8, 4) is 11.5 Å². The molecule has 164 valence electrons. The molecule has 1 aromatic carbocycles. The van der Waals surface area contributed by atoms with Crippen LogP contribution in [0, 0.1) is 0 Å². The highest BCUT2D eigenvalue weighted by atomic mass is 127. The molecule has 3 N–H and O–H groups in total. The Balaban J connectivity index is 0.00000420. The highest BCUT2D eigenvalue weighted by molar-refractivity contribution is 14.0. The first kappa shape index (κ1) is 25.3. The number of carbonyl (C=O) groups is 1. The maximum Gasteiger partial charge on any atom is 0.221 e. The van der Waals surface area contributed by atoms with Crippen molar-refractivity contribution in [2.75, 3.05) is 26.7 Å². The van der Waals surface area contributed by atoms with Gasteiger partial charge in [-0.1, -0.05) is 18.9 Å². The molecule has 8 heteroatoms. The summed E-state index contributed by atoms with van der Waals surface area (Å²) in [4.78, 5) is 16.6. The SMILES string of the molecule is CCNC(=NCC(C)Oc1cccc(OC)c1)NCCC(=O)NC1CCCC1.I. The van der Waals surface area contributed by atoms with Gasteiger partial charge in [0.2, 0.25) is 5.91 Å². The first-order valence-electron chi connectivity index (χ1n) is 10.2. The second-order valence-electron chi connectivity index (χ2n) is 7.05. The predicted molar refractivity (Wildman–Crippen MR) is 127 cm³/mol. The molecule has 1 unspecified atom stereocenters. The van der Waals surface area contributed by atoms with Crippen molar-refractivity contribution in [3.05, 3.63) is 24.3 Å². The second-order valence-corrected chi connectivity index (χ2v) is 7.05. The maximum atomic E-state index is 12.0. The molecule has 1 aliphatic carbocycles. The van der Waals surface area contributed by atoms with Crippen LogP contribution in [0.1, 0.15) is 46.0 Å². The number of benzene rings is 1. The summed E-state index contributed by atoms with van der Waals surface area (Å²) in [7, 11) is 1.63. The Bertz CT molecular complexity index is 636. The van der Waals surface area contributed by atoms with E-state index in [1.54, 1.807) is 7.11 Å². The number of nitrogens with zero attached hydrogens (tertiary/aromatic N) is 1. The van der Waals surface area contributed by atoms with E-state index in [9.17, 15) is 4.79 Å². The number of hydrogen-bond acceptors (Lipinski definition) is 4. The van der Waals surface area contributed by atoms with E-state index in [1.165, 1.54) is 12.8 Å². The fourth-order valence-corrected chi connectivity index (χ4v) is 3.17. The maximum absolute atomic E-state index is 12.0. The van der Waals surface area contributed by atoms with E-state index < -0.39 is 0 Å². The Hall–Kier alpha value is -1.71. The molecule has 0 aliphatic heterocycles. The molecule has 2 rings (SSSR count). The lowest BCUT2D eigenvalue weighted by molar-refractivity contribution is -0.121. The van der Waals surface area contributed by atoms with E-state index in [-0.39, 0.29) is 36.0 Å². The Kier molecular flexibility index (Phi) is 12.5. The molecule has 1 fully saturated rings. The van der Waals surface area contributed by atoms with Crippen molar-refractivity contribution >= 4 is 35.8 Å². The molecule has 1 saturated carbocycles. The topological polar surface area (TPSA) is 84.0 Å². The third-order valence-corrected chi connectivity index (χ3v) is 4.59. The Morgan fingerprint density at radius 3 is 2.66 bits per heavy atom. The summed E-state index contributed by atoms with van der Waals surface area (Å²) in [5.74, 6) is 2.31. The zero-order valence-corrected chi connectivity index (χ0v) is 20.0. The smallest absolute Gasteiger partial charge is 0.221 e. The van der Waals surface area contributed by atoms with Gasteiger partial charge in [0.05, 0.1) is 13.7 Å². The van der Waals surface area contributed by atoms with Crippen LogP contribution in [-0.2, 0) is 4.79 Å². The summed E-state index contributed by atoms with van der Waals surface area (Å²) < 4.78 is 11.1. The summed E-state index contributed by atoms with van der Waals surface area (Å²) in [6, 6.07) is 7.89. The number of amides is 1. The Morgan fingerprint density at radius 1 is 1.24 bits per heavy atom. The molecule has 1 atom stereocenters. The summed E-state index contributed by atoms with van der Waals surface area (Å²) in [6.45, 7) is 5.79. The molecular formula is C21H35IN4O3. The average Bonchev–Trinajstić information content (AvgIpc) is 3.19. The molecule has 0 heterocycles. The van der Waals surface area contributed by atoms with Crippen LogP contribution in [0.3, 0.4) is 0 Å². The van der Waals surface area contributed by atoms with E-state index in [2.05, 4.69) is 20.9 Å². The van der Waals surface area contributed by atoms with Gasteiger partial charge < -0.3 is 25.4 Å². The highest BCUT2D eigenvalue weighted by Crippen LogP contribution is 2.20. The van der Waals surface area contributed by atoms with Crippen molar-refractivity contribution in [2.24, 2.45) is 4.99 Å². The van der Waals surface area contributed by atoms with Gasteiger partial charge in [-0.15, -0.1) is 24.0 Å². The number of methoxy groups -OCH3 is 1. The van der Waals surface area contributed by atoms with Crippen LogP contribution in [0.15, 0.2) is 29.3 Å². The molecule has 0 radical (unpaired) electrons. The molecule has 0 bridgehead atoms. The normalized spacial score (nSPS) is 15.2. The first-order chi connectivity index (χ1) is 13.6. The van der Waals surface area contributed by atoms with Crippen molar-refractivity contribution < 1.29 is 14.3 Å². The molecule has 0 aromatic heterocycles. The minimum atomic E-state index is -0.0896. The van der Waals surface area contributed by atoms with Crippen LogP contribution in [0.25, 0.3) is 0 Å². The van der Waals surface area contributed by atoms with Gasteiger partial charge in [-0.05, 0) is 38.8 Å². The summed E-state index contributed by atoms with van der Waals surface area (Å²) in [6.07, 6.45) is 5.00. The first-order valence-corrected chi connectivity index (χ1v) is 10.2. The molecule has 0 saturated heterocycles. The van der Waals surface area contributed by atoms with Crippen LogP contribution in [0.5, 0.6) is 11.5 Å². The van der Waals surface area contributed by atoms with E-state index >= 15 is 0 Å². The average molecular weight is 518 g/mol. The van der Waals surface area contributed by atoms with Gasteiger partial charge in [0.1, 0.15) is 17.6 Å². The van der Waals surface area contributed by atoms with Gasteiger partial charge in [0.15, 0.2) is 5.96 Å². The standard InChI is InChI=1S/C21H34N4O3.HI/c1-4-22-21(23-13-12-20(26)25-17-8-5-6-9-17)24-15-16(2)28-19-11-7-10-18(14-19)27-3;/h7,10-11,14,16-17H,4-6,8-9,12-13,15H2,1-3H3,(H,25,26)(H2,22,23,24);1H. The number of nitrogens with one attached hydrogen (secondary N) is 3. The van der Waals surface area contributed by atoms with Crippen LogP contribution in [0.4, 0.5) is 0 Å².